The second-order valence-electron chi connectivity index (χ2n) is 7.52. The summed E-state index contributed by atoms with van der Waals surface area (Å²) >= 11 is 0. The summed E-state index contributed by atoms with van der Waals surface area (Å²) in [5, 5.41) is 4.07. The number of nitrogens with zero attached hydrogens (tertiary/aromatic N) is 4. The molecule has 1 fully saturated rings. The van der Waals surface area contributed by atoms with Crippen molar-refractivity contribution in [3.05, 3.63) is 53.5 Å². The van der Waals surface area contributed by atoms with Crippen molar-refractivity contribution < 1.29 is 13.2 Å². The standard InChI is InChI=1S/C21H23F3N5P/c1-14-27-18-13-25-19(30-8-6-29(2)7-9-30)11-17(18)20(28-14)26-12-15-4-3-5-16(10-15)21(22,23)24/h3-5,10-11,13H,6-9,12H2,1-2H3,(H,26,27,28). The number of nitrogens with one attached hydrogen (secondary N) is 1. The van der Waals surface area contributed by atoms with Crippen LogP contribution in [0.15, 0.2) is 36.5 Å². The van der Waals surface area contributed by atoms with Crippen LogP contribution in [0.1, 0.15) is 17.0 Å². The third-order valence-corrected chi connectivity index (χ3v) is 7.59. The number of halogens is 3. The lowest BCUT2D eigenvalue weighted by atomic mass is 10.1. The number of hydrogen-bond acceptors (Lipinski definition) is 5. The lowest BCUT2D eigenvalue weighted by Gasteiger charge is -2.29. The molecule has 0 unspecified atom stereocenters. The van der Waals surface area contributed by atoms with Crippen LogP contribution in [0, 0.1) is 6.92 Å². The third-order valence-electron chi connectivity index (χ3n) is 5.22. The second-order valence-corrected chi connectivity index (χ2v) is 9.95. The van der Waals surface area contributed by atoms with Crippen molar-refractivity contribution in [1.29, 1.82) is 0 Å². The molecule has 4 rings (SSSR count). The van der Waals surface area contributed by atoms with Gasteiger partial charge in [-0.05, 0) is 50.1 Å². The molecule has 2 aromatic heterocycles. The molecule has 0 spiro atoms. The van der Waals surface area contributed by atoms with Crippen molar-refractivity contribution in [2.75, 3.05) is 37.8 Å². The van der Waals surface area contributed by atoms with Crippen LogP contribution in [-0.2, 0) is 12.7 Å². The summed E-state index contributed by atoms with van der Waals surface area (Å²) < 4.78 is 39.0. The van der Waals surface area contributed by atoms with E-state index in [1.165, 1.54) is 6.07 Å². The molecule has 5 nitrogen and oxygen atoms in total. The van der Waals surface area contributed by atoms with E-state index >= 15 is 0 Å². The van der Waals surface area contributed by atoms with Crippen LogP contribution < -0.4 is 10.8 Å². The molecule has 0 atom stereocenters. The quantitative estimate of drug-likeness (QED) is 0.630. The van der Waals surface area contributed by atoms with Crippen LogP contribution >= 0.6 is 7.92 Å². The predicted octanol–water partition coefficient (Wildman–Crippen LogP) is 4.02. The molecule has 3 aromatic rings. The van der Waals surface area contributed by atoms with Crippen LogP contribution in [0.5, 0.6) is 0 Å². The molecule has 1 saturated heterocycles. The molecule has 1 aliphatic rings. The first kappa shape index (κ1) is 20.9. The Kier molecular flexibility index (Phi) is 5.89. The van der Waals surface area contributed by atoms with E-state index in [9.17, 15) is 13.2 Å². The average Bonchev–Trinajstić information content (AvgIpc) is 2.72. The van der Waals surface area contributed by atoms with Gasteiger partial charge in [-0.2, -0.15) is 13.2 Å². The van der Waals surface area contributed by atoms with E-state index in [1.54, 1.807) is 19.2 Å². The van der Waals surface area contributed by atoms with Gasteiger partial charge in [-0.25, -0.2) is 9.97 Å². The van der Waals surface area contributed by atoms with Crippen LogP contribution in [-0.4, -0.2) is 52.3 Å². The van der Waals surface area contributed by atoms with Gasteiger partial charge in [0.2, 0.25) is 0 Å². The molecule has 0 amide bonds. The Labute approximate surface area is 174 Å². The van der Waals surface area contributed by atoms with Crippen LogP contribution in [0.25, 0.3) is 10.9 Å². The number of aromatic nitrogens is 3. The van der Waals surface area contributed by atoms with Crippen molar-refractivity contribution in [3.63, 3.8) is 0 Å². The smallest absolute Gasteiger partial charge is 0.365 e. The van der Waals surface area contributed by atoms with Gasteiger partial charge in [-0.15, -0.1) is 0 Å². The van der Waals surface area contributed by atoms with Crippen molar-refractivity contribution in [3.8, 4) is 0 Å². The van der Waals surface area contributed by atoms with Gasteiger partial charge in [-0.3, -0.25) is 4.98 Å². The largest absolute Gasteiger partial charge is 0.416 e. The Balaban J connectivity index is 1.61. The molecule has 0 bridgehead atoms. The summed E-state index contributed by atoms with van der Waals surface area (Å²) in [6.07, 6.45) is -0.339. The minimum atomic E-state index is -4.36. The Bertz CT molecular complexity index is 1050. The molecule has 0 radical (unpaired) electrons. The Morgan fingerprint density at radius 2 is 1.90 bits per heavy atom. The van der Waals surface area contributed by atoms with Gasteiger partial charge in [-0.1, -0.05) is 20.1 Å². The molecule has 0 saturated carbocycles. The topological polar surface area (TPSA) is 53.9 Å². The summed E-state index contributed by atoms with van der Waals surface area (Å²) in [7, 11) is 1.81. The molecule has 1 aromatic carbocycles. The predicted molar refractivity (Wildman–Crippen MR) is 115 cm³/mol. The molecule has 1 aliphatic heterocycles. The number of fused-ring (bicyclic) bond motifs is 1. The first-order valence-corrected chi connectivity index (χ1v) is 11.5. The van der Waals surface area contributed by atoms with Crippen molar-refractivity contribution >= 4 is 30.1 Å². The van der Waals surface area contributed by atoms with E-state index in [0.717, 1.165) is 53.9 Å². The van der Waals surface area contributed by atoms with Gasteiger partial charge < -0.3 is 10.2 Å². The van der Waals surface area contributed by atoms with Crippen LogP contribution in [0.2, 0.25) is 0 Å². The van der Waals surface area contributed by atoms with Gasteiger partial charge in [0.25, 0.3) is 0 Å². The van der Waals surface area contributed by atoms with Gasteiger partial charge in [0, 0.05) is 25.0 Å². The van der Waals surface area contributed by atoms with Crippen molar-refractivity contribution in [1.82, 2.24) is 19.9 Å². The van der Waals surface area contributed by atoms with Crippen molar-refractivity contribution in [2.24, 2.45) is 0 Å². The summed E-state index contributed by atoms with van der Waals surface area (Å²) in [6.45, 7) is 4.17. The maximum Gasteiger partial charge on any atom is 0.416 e. The lowest BCUT2D eigenvalue weighted by molar-refractivity contribution is -0.137. The van der Waals surface area contributed by atoms with Crippen LogP contribution in [0.3, 0.4) is 0 Å². The van der Waals surface area contributed by atoms with E-state index in [2.05, 4.69) is 38.3 Å². The SMILES string of the molecule is Cc1nc(NCc2cccc(C(F)(F)F)c2)c2cc(P3CCN(C)CC3)ncc2n1. The number of rotatable bonds is 4. The molecule has 30 heavy (non-hydrogen) atoms. The highest BCUT2D eigenvalue weighted by molar-refractivity contribution is 7.65. The van der Waals surface area contributed by atoms with E-state index in [0.29, 0.717) is 17.2 Å². The first-order chi connectivity index (χ1) is 14.3. The van der Waals surface area contributed by atoms with Gasteiger partial charge in [0.05, 0.1) is 22.7 Å². The zero-order chi connectivity index (χ0) is 21.3. The fraction of sp³-hybridized carbons (Fsp3) is 0.381. The number of hydrogen-bond donors (Lipinski definition) is 1. The summed E-state index contributed by atoms with van der Waals surface area (Å²) in [5.41, 5.74) is 1.72. The van der Waals surface area contributed by atoms with Crippen molar-refractivity contribution in [2.45, 2.75) is 19.6 Å². The normalized spacial score (nSPS) is 16.2. The van der Waals surface area contributed by atoms with Gasteiger partial charge in [0.15, 0.2) is 0 Å². The lowest BCUT2D eigenvalue weighted by Crippen LogP contribution is -2.32. The number of alkyl halides is 3. The minimum absolute atomic E-state index is 0.243. The monoisotopic (exact) mass is 433 g/mol. The van der Waals surface area contributed by atoms with Crippen LogP contribution in [0.4, 0.5) is 19.0 Å². The number of benzene rings is 1. The molecule has 9 heteroatoms. The molecular formula is C21H23F3N5P. The van der Waals surface area contributed by atoms with E-state index in [4.69, 9.17) is 0 Å². The number of anilines is 1. The molecule has 1 N–H and O–H groups in total. The highest BCUT2D eigenvalue weighted by atomic mass is 31.1. The second kappa shape index (κ2) is 8.44. The zero-order valence-corrected chi connectivity index (χ0v) is 17.8. The summed E-state index contributed by atoms with van der Waals surface area (Å²) in [4.78, 5) is 16.0. The maximum atomic E-state index is 13.0. The molecule has 158 valence electrons. The van der Waals surface area contributed by atoms with E-state index < -0.39 is 11.7 Å². The molecule has 0 aliphatic carbocycles. The average molecular weight is 433 g/mol. The highest BCUT2D eigenvalue weighted by Gasteiger charge is 2.30. The number of aryl methyl sites for hydroxylation is 1. The van der Waals surface area contributed by atoms with E-state index in [-0.39, 0.29) is 14.5 Å². The summed E-state index contributed by atoms with van der Waals surface area (Å²) in [6, 6.07) is 7.40. The fourth-order valence-electron chi connectivity index (χ4n) is 3.52. The summed E-state index contributed by atoms with van der Waals surface area (Å²) in [5.74, 6) is 1.22. The zero-order valence-electron chi connectivity index (χ0n) is 16.9. The minimum Gasteiger partial charge on any atom is -0.365 e. The van der Waals surface area contributed by atoms with Gasteiger partial charge >= 0.3 is 6.18 Å². The van der Waals surface area contributed by atoms with E-state index in [1.807, 2.05) is 0 Å². The Morgan fingerprint density at radius 1 is 1.13 bits per heavy atom. The van der Waals surface area contributed by atoms with Gasteiger partial charge in [0.1, 0.15) is 11.6 Å². The Morgan fingerprint density at radius 3 is 2.63 bits per heavy atom. The third kappa shape index (κ3) is 4.71. The highest BCUT2D eigenvalue weighted by Crippen LogP contribution is 2.37. The first-order valence-electron chi connectivity index (χ1n) is 9.77. The maximum absolute atomic E-state index is 13.0. The number of pyridine rings is 1. The molecular weight excluding hydrogens is 410 g/mol. The fourth-order valence-corrected chi connectivity index (χ4v) is 5.90. The molecule has 3 heterocycles. The Hall–Kier alpha value is -2.31.